The summed E-state index contributed by atoms with van der Waals surface area (Å²) in [6.45, 7) is 13.6. The van der Waals surface area contributed by atoms with Gasteiger partial charge in [-0.1, -0.05) is 27.7 Å². The Hall–Kier alpha value is -0.570. The molecule has 0 aliphatic heterocycles. The lowest BCUT2D eigenvalue weighted by Gasteiger charge is -2.23. The van der Waals surface area contributed by atoms with Crippen molar-refractivity contribution >= 4 is 5.97 Å². The molecule has 0 aromatic carbocycles. The summed E-state index contributed by atoms with van der Waals surface area (Å²) in [6, 6.07) is 0. The van der Waals surface area contributed by atoms with E-state index < -0.39 is 6.29 Å². The van der Waals surface area contributed by atoms with Gasteiger partial charge in [0.15, 0.2) is 0 Å². The SMILES string of the molecule is C[CH]OC(C)OC(=O)CC(C)CC(C)(C)C. The van der Waals surface area contributed by atoms with Crippen molar-refractivity contribution in [1.29, 1.82) is 0 Å². The van der Waals surface area contributed by atoms with E-state index in [1.54, 1.807) is 13.8 Å². The van der Waals surface area contributed by atoms with E-state index in [2.05, 4.69) is 27.7 Å². The summed E-state index contributed by atoms with van der Waals surface area (Å²) >= 11 is 0. The molecule has 0 spiro atoms. The Kier molecular flexibility index (Phi) is 6.65. The fourth-order valence-electron chi connectivity index (χ4n) is 1.85. The third-order valence-electron chi connectivity index (χ3n) is 2.10. The van der Waals surface area contributed by atoms with Gasteiger partial charge in [-0.05, 0) is 31.6 Å². The maximum atomic E-state index is 11.5. The zero-order valence-electron chi connectivity index (χ0n) is 11.4. The van der Waals surface area contributed by atoms with Crippen LogP contribution in [-0.4, -0.2) is 12.3 Å². The van der Waals surface area contributed by atoms with E-state index in [9.17, 15) is 4.79 Å². The molecule has 0 aliphatic carbocycles. The van der Waals surface area contributed by atoms with Crippen LogP contribution in [0, 0.1) is 17.9 Å². The minimum Gasteiger partial charge on any atom is -0.436 e. The first-order chi connectivity index (χ1) is 7.24. The Morgan fingerprint density at radius 2 is 1.88 bits per heavy atom. The maximum Gasteiger partial charge on any atom is 0.308 e. The first-order valence-corrected chi connectivity index (χ1v) is 5.87. The molecule has 0 saturated carbocycles. The van der Waals surface area contributed by atoms with Crippen molar-refractivity contribution in [3.05, 3.63) is 6.61 Å². The highest BCUT2D eigenvalue weighted by atomic mass is 16.7. The predicted octanol–water partition coefficient (Wildman–Crippen LogP) is 3.54. The Balaban J connectivity index is 3.87. The second-order valence-electron chi connectivity index (χ2n) is 5.50. The lowest BCUT2D eigenvalue weighted by Crippen LogP contribution is -2.20. The fourth-order valence-corrected chi connectivity index (χ4v) is 1.85. The zero-order valence-corrected chi connectivity index (χ0v) is 11.4. The van der Waals surface area contributed by atoms with Gasteiger partial charge >= 0.3 is 5.97 Å². The van der Waals surface area contributed by atoms with Gasteiger partial charge in [-0.15, -0.1) is 0 Å². The van der Waals surface area contributed by atoms with Crippen LogP contribution in [0.4, 0.5) is 0 Å². The van der Waals surface area contributed by atoms with Gasteiger partial charge in [-0.25, -0.2) is 0 Å². The molecule has 0 saturated heterocycles. The highest BCUT2D eigenvalue weighted by Crippen LogP contribution is 2.26. The molecule has 0 fully saturated rings. The average molecular weight is 229 g/mol. The number of rotatable bonds is 6. The third kappa shape index (κ3) is 8.72. The van der Waals surface area contributed by atoms with Crippen LogP contribution >= 0.6 is 0 Å². The van der Waals surface area contributed by atoms with Crippen LogP contribution in [0.1, 0.15) is 54.4 Å². The molecule has 0 rings (SSSR count). The van der Waals surface area contributed by atoms with E-state index >= 15 is 0 Å². The van der Waals surface area contributed by atoms with E-state index in [1.807, 2.05) is 0 Å². The molecule has 3 heteroatoms. The highest BCUT2D eigenvalue weighted by molar-refractivity contribution is 5.69. The van der Waals surface area contributed by atoms with Gasteiger partial charge in [0.25, 0.3) is 0 Å². The Morgan fingerprint density at radius 1 is 1.31 bits per heavy atom. The molecule has 0 amide bonds. The topological polar surface area (TPSA) is 35.5 Å². The van der Waals surface area contributed by atoms with Gasteiger partial charge in [0, 0.05) is 6.42 Å². The van der Waals surface area contributed by atoms with E-state index in [0.29, 0.717) is 12.3 Å². The molecule has 16 heavy (non-hydrogen) atoms. The number of ether oxygens (including phenoxy) is 2. The number of hydrogen-bond donors (Lipinski definition) is 0. The molecule has 0 bridgehead atoms. The van der Waals surface area contributed by atoms with Crippen LogP contribution in [-0.2, 0) is 14.3 Å². The van der Waals surface area contributed by atoms with Gasteiger partial charge in [0.1, 0.15) is 0 Å². The average Bonchev–Trinajstić information content (AvgIpc) is 1.98. The van der Waals surface area contributed by atoms with Gasteiger partial charge in [-0.3, -0.25) is 4.79 Å². The standard InChI is InChI=1S/C13H25O3/c1-7-15-11(3)16-12(14)8-10(2)9-13(4,5)6/h7,10-11H,8-9H2,1-6H3. The quantitative estimate of drug-likeness (QED) is 0.516. The maximum absolute atomic E-state index is 11.5. The first-order valence-electron chi connectivity index (χ1n) is 5.87. The molecule has 2 unspecified atom stereocenters. The Labute approximate surface area is 99.5 Å². The van der Waals surface area contributed by atoms with Crippen LogP contribution in [0.3, 0.4) is 0 Å². The summed E-state index contributed by atoms with van der Waals surface area (Å²) in [5.41, 5.74) is 0.249. The smallest absolute Gasteiger partial charge is 0.308 e. The second-order valence-corrected chi connectivity index (χ2v) is 5.50. The van der Waals surface area contributed by atoms with E-state index in [-0.39, 0.29) is 11.4 Å². The highest BCUT2D eigenvalue weighted by Gasteiger charge is 2.19. The van der Waals surface area contributed by atoms with Crippen molar-refractivity contribution < 1.29 is 14.3 Å². The van der Waals surface area contributed by atoms with Crippen LogP contribution in [0.15, 0.2) is 0 Å². The molecule has 3 nitrogen and oxygen atoms in total. The summed E-state index contributed by atoms with van der Waals surface area (Å²) in [5, 5.41) is 0. The van der Waals surface area contributed by atoms with E-state index in [1.165, 1.54) is 6.61 Å². The second kappa shape index (κ2) is 6.89. The summed E-state index contributed by atoms with van der Waals surface area (Å²) in [7, 11) is 0. The summed E-state index contributed by atoms with van der Waals surface area (Å²) in [4.78, 5) is 11.5. The van der Waals surface area contributed by atoms with Crippen LogP contribution < -0.4 is 0 Å². The summed E-state index contributed by atoms with van der Waals surface area (Å²) in [6.07, 6.45) is 0.977. The third-order valence-corrected chi connectivity index (χ3v) is 2.10. The number of hydrogen-bond acceptors (Lipinski definition) is 3. The van der Waals surface area contributed by atoms with E-state index in [4.69, 9.17) is 9.47 Å². The number of esters is 1. The largest absolute Gasteiger partial charge is 0.436 e. The Morgan fingerprint density at radius 3 is 2.31 bits per heavy atom. The Bertz CT molecular complexity index is 206. The number of carbonyl (C=O) groups excluding carboxylic acids is 1. The molecule has 0 aliphatic rings. The molecule has 0 aromatic rings. The molecule has 0 heterocycles. The molecule has 95 valence electrons. The number of carbonyl (C=O) groups is 1. The van der Waals surface area contributed by atoms with Crippen molar-refractivity contribution in [3.63, 3.8) is 0 Å². The van der Waals surface area contributed by atoms with Crippen molar-refractivity contribution in [1.82, 2.24) is 0 Å². The van der Waals surface area contributed by atoms with Crippen LogP contribution in [0.5, 0.6) is 0 Å². The summed E-state index contributed by atoms with van der Waals surface area (Å²) in [5.74, 6) is 0.149. The molecule has 2 atom stereocenters. The van der Waals surface area contributed by atoms with Crippen LogP contribution in [0.25, 0.3) is 0 Å². The summed E-state index contributed by atoms with van der Waals surface area (Å²) < 4.78 is 10.1. The molecular formula is C13H25O3. The van der Waals surface area contributed by atoms with Crippen molar-refractivity contribution in [3.8, 4) is 0 Å². The van der Waals surface area contributed by atoms with Gasteiger partial charge in [0.05, 0.1) is 6.61 Å². The van der Waals surface area contributed by atoms with Crippen LogP contribution in [0.2, 0.25) is 0 Å². The van der Waals surface area contributed by atoms with Gasteiger partial charge in [-0.2, -0.15) is 0 Å². The molecular weight excluding hydrogens is 204 g/mol. The molecule has 0 aromatic heterocycles. The van der Waals surface area contributed by atoms with Gasteiger partial charge in [0.2, 0.25) is 6.29 Å². The van der Waals surface area contributed by atoms with Crippen molar-refractivity contribution in [2.75, 3.05) is 0 Å². The van der Waals surface area contributed by atoms with Crippen molar-refractivity contribution in [2.45, 2.75) is 60.7 Å². The lowest BCUT2D eigenvalue weighted by atomic mass is 9.84. The van der Waals surface area contributed by atoms with Gasteiger partial charge < -0.3 is 9.47 Å². The molecule has 1 radical (unpaired) electrons. The predicted molar refractivity (Wildman–Crippen MR) is 64.5 cm³/mol. The molecule has 0 N–H and O–H groups in total. The monoisotopic (exact) mass is 229 g/mol. The van der Waals surface area contributed by atoms with E-state index in [0.717, 1.165) is 6.42 Å². The first kappa shape index (κ1) is 15.4. The fraction of sp³-hybridized carbons (Fsp3) is 0.846. The lowest BCUT2D eigenvalue weighted by molar-refractivity contribution is -0.169. The minimum absolute atomic E-state index is 0.189. The van der Waals surface area contributed by atoms with Crippen molar-refractivity contribution in [2.24, 2.45) is 11.3 Å². The normalized spacial score (nSPS) is 15.6. The zero-order chi connectivity index (χ0) is 12.8. The minimum atomic E-state index is -0.487.